The van der Waals surface area contributed by atoms with E-state index in [-0.39, 0.29) is 0 Å². The van der Waals surface area contributed by atoms with Gasteiger partial charge in [0.05, 0.1) is 6.54 Å². The number of nitrogens with two attached hydrogens (primary N) is 1. The molecule has 0 bridgehead atoms. The molecular formula is C10H15N2+. The topological polar surface area (TPSA) is 29.5 Å². The Hall–Kier alpha value is -0.890. The molecule has 1 aromatic rings. The van der Waals surface area contributed by atoms with E-state index in [2.05, 4.69) is 22.4 Å². The molecule has 1 atom stereocenters. The summed E-state index contributed by atoms with van der Waals surface area (Å²) in [5.41, 5.74) is 1.43. The molecule has 0 radical (unpaired) electrons. The van der Waals surface area contributed by atoms with Crippen molar-refractivity contribution >= 4 is 0 Å². The van der Waals surface area contributed by atoms with E-state index >= 15 is 0 Å². The van der Waals surface area contributed by atoms with E-state index in [1.54, 1.807) is 0 Å². The lowest BCUT2D eigenvalue weighted by molar-refractivity contribution is -0.704. The lowest BCUT2D eigenvalue weighted by Crippen LogP contribution is -2.86. The molecule has 2 heterocycles. The average molecular weight is 163 g/mol. The minimum Gasteiger partial charge on any atom is -0.340 e. The number of hydrogen-bond acceptors (Lipinski definition) is 1. The molecule has 1 fully saturated rings. The van der Waals surface area contributed by atoms with Gasteiger partial charge in [0, 0.05) is 24.4 Å². The van der Waals surface area contributed by atoms with Gasteiger partial charge >= 0.3 is 0 Å². The number of rotatable bonds is 1. The van der Waals surface area contributed by atoms with Crippen molar-refractivity contribution in [1.82, 2.24) is 4.98 Å². The summed E-state index contributed by atoms with van der Waals surface area (Å²) in [5.74, 6) is 0. The number of piperidine rings is 1. The Bertz CT molecular complexity index is 227. The summed E-state index contributed by atoms with van der Waals surface area (Å²) in [7, 11) is 0. The fourth-order valence-corrected chi connectivity index (χ4v) is 1.86. The Labute approximate surface area is 73.0 Å². The quantitative estimate of drug-likeness (QED) is 0.654. The summed E-state index contributed by atoms with van der Waals surface area (Å²) < 4.78 is 0. The molecule has 0 aromatic carbocycles. The summed E-state index contributed by atoms with van der Waals surface area (Å²) in [6.45, 7) is 1.28. The van der Waals surface area contributed by atoms with Crippen LogP contribution in [0.4, 0.5) is 0 Å². The molecular weight excluding hydrogens is 148 g/mol. The van der Waals surface area contributed by atoms with Gasteiger partial charge in [-0.2, -0.15) is 0 Å². The maximum atomic E-state index is 4.03. The second-order valence-corrected chi connectivity index (χ2v) is 3.41. The first kappa shape index (κ1) is 7.74. The Kier molecular flexibility index (Phi) is 2.37. The predicted octanol–water partition coefficient (Wildman–Crippen LogP) is 0.870. The van der Waals surface area contributed by atoms with E-state index in [1.165, 1.54) is 31.4 Å². The van der Waals surface area contributed by atoms with Crippen LogP contribution in [0.5, 0.6) is 0 Å². The fourth-order valence-electron chi connectivity index (χ4n) is 1.86. The van der Waals surface area contributed by atoms with Gasteiger partial charge in [-0.3, -0.25) is 4.98 Å². The van der Waals surface area contributed by atoms with Crippen molar-refractivity contribution < 1.29 is 5.32 Å². The molecule has 2 rings (SSSR count). The summed E-state index contributed by atoms with van der Waals surface area (Å²) >= 11 is 0. The SMILES string of the molecule is c1cc([C@@H]2CCCC[NH2+]2)ccn1. The molecule has 1 saturated heterocycles. The summed E-state index contributed by atoms with van der Waals surface area (Å²) in [6, 6.07) is 4.96. The van der Waals surface area contributed by atoms with Crippen LogP contribution >= 0.6 is 0 Å². The van der Waals surface area contributed by atoms with E-state index in [9.17, 15) is 0 Å². The molecule has 1 aliphatic heterocycles. The van der Waals surface area contributed by atoms with Gasteiger partial charge in [0.1, 0.15) is 6.04 Å². The zero-order valence-electron chi connectivity index (χ0n) is 7.24. The number of quaternary nitrogens is 1. The van der Waals surface area contributed by atoms with E-state index in [1.807, 2.05) is 12.4 Å². The van der Waals surface area contributed by atoms with Crippen LogP contribution in [0.1, 0.15) is 30.9 Å². The van der Waals surface area contributed by atoms with Crippen LogP contribution in [-0.4, -0.2) is 11.5 Å². The van der Waals surface area contributed by atoms with Crippen LogP contribution in [0.25, 0.3) is 0 Å². The fraction of sp³-hybridized carbons (Fsp3) is 0.500. The maximum Gasteiger partial charge on any atom is 0.112 e. The molecule has 1 aliphatic rings. The highest BCUT2D eigenvalue weighted by atomic mass is 14.9. The highest BCUT2D eigenvalue weighted by Crippen LogP contribution is 2.16. The van der Waals surface area contributed by atoms with Gasteiger partial charge in [0.15, 0.2) is 0 Å². The van der Waals surface area contributed by atoms with Crippen LogP contribution in [0, 0.1) is 0 Å². The average Bonchev–Trinajstić information content (AvgIpc) is 2.21. The van der Waals surface area contributed by atoms with Gasteiger partial charge < -0.3 is 5.32 Å². The summed E-state index contributed by atoms with van der Waals surface area (Å²) in [5, 5.41) is 2.44. The monoisotopic (exact) mass is 163 g/mol. The second kappa shape index (κ2) is 3.68. The minimum absolute atomic E-state index is 0.696. The molecule has 64 valence electrons. The van der Waals surface area contributed by atoms with Crippen LogP contribution in [0.15, 0.2) is 24.5 Å². The predicted molar refractivity (Wildman–Crippen MR) is 47.6 cm³/mol. The third kappa shape index (κ3) is 1.64. The highest BCUT2D eigenvalue weighted by molar-refractivity contribution is 5.12. The Balaban J connectivity index is 2.08. The third-order valence-corrected chi connectivity index (χ3v) is 2.55. The van der Waals surface area contributed by atoms with E-state index < -0.39 is 0 Å². The third-order valence-electron chi connectivity index (χ3n) is 2.55. The smallest absolute Gasteiger partial charge is 0.112 e. The molecule has 0 unspecified atom stereocenters. The first-order valence-electron chi connectivity index (χ1n) is 4.70. The van der Waals surface area contributed by atoms with Crippen LogP contribution in [0.2, 0.25) is 0 Å². The number of pyridine rings is 1. The summed E-state index contributed by atoms with van der Waals surface area (Å²) in [6.07, 6.45) is 7.85. The van der Waals surface area contributed by atoms with E-state index in [0.29, 0.717) is 6.04 Å². The van der Waals surface area contributed by atoms with Gasteiger partial charge in [-0.25, -0.2) is 0 Å². The van der Waals surface area contributed by atoms with Crippen molar-refractivity contribution in [2.24, 2.45) is 0 Å². The maximum absolute atomic E-state index is 4.03. The number of nitrogens with zero attached hydrogens (tertiary/aromatic N) is 1. The van der Waals surface area contributed by atoms with Crippen LogP contribution in [-0.2, 0) is 0 Å². The normalized spacial score (nSPS) is 23.8. The zero-order chi connectivity index (χ0) is 8.23. The largest absolute Gasteiger partial charge is 0.340 e. The summed E-state index contributed by atoms with van der Waals surface area (Å²) in [4.78, 5) is 4.03. The molecule has 12 heavy (non-hydrogen) atoms. The molecule has 0 aliphatic carbocycles. The minimum atomic E-state index is 0.696. The Morgan fingerprint density at radius 3 is 2.75 bits per heavy atom. The van der Waals surface area contributed by atoms with Crippen LogP contribution in [0.3, 0.4) is 0 Å². The second-order valence-electron chi connectivity index (χ2n) is 3.41. The molecule has 1 aromatic heterocycles. The van der Waals surface area contributed by atoms with Crippen molar-refractivity contribution in [1.29, 1.82) is 0 Å². The van der Waals surface area contributed by atoms with Crippen molar-refractivity contribution in [3.8, 4) is 0 Å². The molecule has 0 spiro atoms. The van der Waals surface area contributed by atoms with Crippen molar-refractivity contribution in [3.63, 3.8) is 0 Å². The Morgan fingerprint density at radius 2 is 2.08 bits per heavy atom. The van der Waals surface area contributed by atoms with Crippen molar-refractivity contribution in [3.05, 3.63) is 30.1 Å². The molecule has 0 amide bonds. The first-order valence-corrected chi connectivity index (χ1v) is 4.70. The first-order chi connectivity index (χ1) is 5.97. The number of hydrogen-bond donors (Lipinski definition) is 1. The number of aromatic nitrogens is 1. The standard InChI is InChI=1S/C10H14N2/c1-2-6-12-10(3-1)9-4-7-11-8-5-9/h4-5,7-8,10,12H,1-3,6H2/p+1/t10-/m0/s1. The highest BCUT2D eigenvalue weighted by Gasteiger charge is 2.17. The van der Waals surface area contributed by atoms with Crippen molar-refractivity contribution in [2.75, 3.05) is 6.54 Å². The van der Waals surface area contributed by atoms with Gasteiger partial charge in [-0.15, -0.1) is 0 Å². The lowest BCUT2D eigenvalue weighted by atomic mass is 9.99. The molecule has 2 nitrogen and oxygen atoms in total. The van der Waals surface area contributed by atoms with Gasteiger partial charge in [-0.05, 0) is 25.0 Å². The molecule has 0 saturated carbocycles. The van der Waals surface area contributed by atoms with Gasteiger partial charge in [-0.1, -0.05) is 0 Å². The van der Waals surface area contributed by atoms with Gasteiger partial charge in [0.2, 0.25) is 0 Å². The van der Waals surface area contributed by atoms with E-state index in [0.717, 1.165) is 0 Å². The molecule has 2 heteroatoms. The molecule has 2 N–H and O–H groups in total. The van der Waals surface area contributed by atoms with E-state index in [4.69, 9.17) is 0 Å². The van der Waals surface area contributed by atoms with Crippen LogP contribution < -0.4 is 5.32 Å². The lowest BCUT2D eigenvalue weighted by Gasteiger charge is -2.19. The van der Waals surface area contributed by atoms with Gasteiger partial charge in [0.25, 0.3) is 0 Å². The Morgan fingerprint density at radius 1 is 1.25 bits per heavy atom. The van der Waals surface area contributed by atoms with Crippen molar-refractivity contribution in [2.45, 2.75) is 25.3 Å². The zero-order valence-corrected chi connectivity index (χ0v) is 7.24.